The summed E-state index contributed by atoms with van der Waals surface area (Å²) in [5.74, 6) is 1.10. The van der Waals surface area contributed by atoms with E-state index in [0.717, 1.165) is 27.9 Å². The highest BCUT2D eigenvalue weighted by Gasteiger charge is 2.39. The Morgan fingerprint density at radius 1 is 1.19 bits per heavy atom. The van der Waals surface area contributed by atoms with Crippen molar-refractivity contribution in [1.29, 1.82) is 0 Å². The average Bonchev–Trinajstić information content (AvgIpc) is 3.42. The van der Waals surface area contributed by atoms with E-state index >= 15 is 0 Å². The number of anilines is 1. The summed E-state index contributed by atoms with van der Waals surface area (Å²) in [6.07, 6.45) is 4.17. The fourth-order valence-corrected chi connectivity index (χ4v) is 4.37. The first-order chi connectivity index (χ1) is 14.8. The molecule has 7 nitrogen and oxygen atoms in total. The zero-order valence-electron chi connectivity index (χ0n) is 18.3. The van der Waals surface area contributed by atoms with Crippen LogP contribution in [0.25, 0.3) is 16.9 Å². The number of fused-ring (bicyclic) bond motifs is 2. The van der Waals surface area contributed by atoms with Gasteiger partial charge >= 0.3 is 0 Å². The van der Waals surface area contributed by atoms with Crippen molar-refractivity contribution in [2.75, 3.05) is 5.32 Å². The third kappa shape index (κ3) is 3.48. The van der Waals surface area contributed by atoms with Crippen molar-refractivity contribution < 1.29 is 9.59 Å². The lowest BCUT2D eigenvalue weighted by molar-refractivity contribution is -0.118. The first kappa shape index (κ1) is 19.7. The Morgan fingerprint density at radius 3 is 2.68 bits per heavy atom. The van der Waals surface area contributed by atoms with Crippen LogP contribution >= 0.6 is 0 Å². The molecule has 0 spiro atoms. The number of amides is 2. The number of benzene rings is 1. The minimum Gasteiger partial charge on any atom is -0.331 e. The van der Waals surface area contributed by atoms with Crippen molar-refractivity contribution in [3.8, 4) is 11.3 Å². The Kier molecular flexibility index (Phi) is 4.57. The SMILES string of the molecule is Cc1cc(-c2ccc3nc(NC(=O)C(C)C)cn3n2)cc2c1C(=O)N([C@@H](C)C1CC1)C2. The summed E-state index contributed by atoms with van der Waals surface area (Å²) >= 11 is 0. The maximum absolute atomic E-state index is 13.0. The van der Waals surface area contributed by atoms with E-state index in [1.54, 1.807) is 10.7 Å². The average molecular weight is 418 g/mol. The quantitative estimate of drug-likeness (QED) is 0.679. The third-order valence-electron chi connectivity index (χ3n) is 6.42. The molecular formula is C24H27N5O2. The summed E-state index contributed by atoms with van der Waals surface area (Å²) in [6.45, 7) is 8.52. The van der Waals surface area contributed by atoms with Crippen molar-refractivity contribution in [3.63, 3.8) is 0 Å². The predicted octanol–water partition coefficient (Wildman–Crippen LogP) is 4.05. The van der Waals surface area contributed by atoms with Gasteiger partial charge in [-0.15, -0.1) is 0 Å². The van der Waals surface area contributed by atoms with Gasteiger partial charge in [-0.05, 0) is 68.0 Å². The van der Waals surface area contributed by atoms with E-state index in [4.69, 9.17) is 5.10 Å². The molecule has 0 unspecified atom stereocenters. The maximum Gasteiger partial charge on any atom is 0.255 e. The van der Waals surface area contributed by atoms with Gasteiger partial charge in [0.05, 0.1) is 11.9 Å². The van der Waals surface area contributed by atoms with Gasteiger partial charge in [0.1, 0.15) is 0 Å². The minimum atomic E-state index is -0.118. The maximum atomic E-state index is 13.0. The number of nitrogens with one attached hydrogen (secondary N) is 1. The Labute approximate surface area is 181 Å². The number of aryl methyl sites for hydroxylation is 1. The molecule has 7 heteroatoms. The second-order valence-electron chi connectivity index (χ2n) is 9.13. The van der Waals surface area contributed by atoms with Crippen LogP contribution in [0.2, 0.25) is 0 Å². The van der Waals surface area contributed by atoms with Crippen LogP contribution in [0.1, 0.15) is 55.1 Å². The molecule has 1 fully saturated rings. The monoisotopic (exact) mass is 417 g/mol. The van der Waals surface area contributed by atoms with Crippen LogP contribution in [0.15, 0.2) is 30.5 Å². The molecule has 2 aromatic heterocycles. The Balaban J connectivity index is 1.46. The van der Waals surface area contributed by atoms with E-state index in [2.05, 4.69) is 23.3 Å². The predicted molar refractivity (Wildman–Crippen MR) is 119 cm³/mol. The van der Waals surface area contributed by atoms with Gasteiger partial charge < -0.3 is 10.2 Å². The van der Waals surface area contributed by atoms with E-state index < -0.39 is 0 Å². The van der Waals surface area contributed by atoms with Crippen LogP contribution < -0.4 is 5.32 Å². The molecule has 2 amide bonds. The molecule has 1 aliphatic heterocycles. The lowest BCUT2D eigenvalue weighted by Crippen LogP contribution is -2.34. The van der Waals surface area contributed by atoms with Crippen LogP contribution in [0.3, 0.4) is 0 Å². The second kappa shape index (κ2) is 7.18. The topological polar surface area (TPSA) is 79.6 Å². The minimum absolute atomic E-state index is 0.0764. The smallest absolute Gasteiger partial charge is 0.255 e. The summed E-state index contributed by atoms with van der Waals surface area (Å²) in [6, 6.07) is 8.24. The Morgan fingerprint density at radius 2 is 1.97 bits per heavy atom. The third-order valence-corrected chi connectivity index (χ3v) is 6.42. The van der Waals surface area contributed by atoms with Crippen molar-refractivity contribution in [1.82, 2.24) is 19.5 Å². The second-order valence-corrected chi connectivity index (χ2v) is 9.13. The van der Waals surface area contributed by atoms with Crippen LogP contribution in [0.5, 0.6) is 0 Å². The van der Waals surface area contributed by atoms with Crippen LogP contribution in [-0.4, -0.2) is 37.4 Å². The molecule has 1 N–H and O–H groups in total. The molecule has 31 heavy (non-hydrogen) atoms. The summed E-state index contributed by atoms with van der Waals surface area (Å²) in [5.41, 5.74) is 5.36. The molecule has 5 rings (SSSR count). The lowest BCUT2D eigenvalue weighted by Gasteiger charge is -2.24. The summed E-state index contributed by atoms with van der Waals surface area (Å²) in [4.78, 5) is 31.4. The molecule has 0 bridgehead atoms. The van der Waals surface area contributed by atoms with Crippen LogP contribution in [-0.2, 0) is 11.3 Å². The van der Waals surface area contributed by atoms with Crippen molar-refractivity contribution in [3.05, 3.63) is 47.2 Å². The number of carbonyl (C=O) groups is 2. The molecule has 1 aliphatic carbocycles. The molecule has 1 saturated carbocycles. The number of hydrogen-bond acceptors (Lipinski definition) is 4. The van der Waals surface area contributed by atoms with Gasteiger partial charge in [0, 0.05) is 29.6 Å². The largest absolute Gasteiger partial charge is 0.331 e. The summed E-state index contributed by atoms with van der Waals surface area (Å²) in [7, 11) is 0. The number of aromatic nitrogens is 3. The summed E-state index contributed by atoms with van der Waals surface area (Å²) < 4.78 is 1.68. The molecule has 3 aromatic rings. The van der Waals surface area contributed by atoms with Gasteiger partial charge in [0.15, 0.2) is 11.5 Å². The standard InChI is InChI=1S/C24H27N5O2/c1-13(2)23(30)26-20-12-29-21(25-20)8-7-19(27-29)17-9-14(3)22-18(10-17)11-28(24(22)31)15(4)16-5-6-16/h7-10,12-13,15-16H,5-6,11H2,1-4H3,(H,26,30)/t15-/m0/s1. The molecule has 160 valence electrons. The van der Waals surface area contributed by atoms with Gasteiger partial charge in [-0.3, -0.25) is 9.59 Å². The number of nitrogens with zero attached hydrogens (tertiary/aromatic N) is 4. The molecule has 3 heterocycles. The highest BCUT2D eigenvalue weighted by Crippen LogP contribution is 2.39. The number of imidazole rings is 1. The van der Waals surface area contributed by atoms with E-state index in [1.807, 2.05) is 43.9 Å². The van der Waals surface area contributed by atoms with Gasteiger partial charge in [0.2, 0.25) is 5.91 Å². The van der Waals surface area contributed by atoms with Gasteiger partial charge in [0.25, 0.3) is 5.91 Å². The molecule has 1 aromatic carbocycles. The fourth-order valence-electron chi connectivity index (χ4n) is 4.37. The highest BCUT2D eigenvalue weighted by atomic mass is 16.2. The van der Waals surface area contributed by atoms with Gasteiger partial charge in [-0.1, -0.05) is 13.8 Å². The van der Waals surface area contributed by atoms with E-state index in [9.17, 15) is 9.59 Å². The number of rotatable bonds is 5. The lowest BCUT2D eigenvalue weighted by atomic mass is 9.99. The Hall–Kier alpha value is -3.22. The molecule has 1 atom stereocenters. The first-order valence-corrected chi connectivity index (χ1v) is 10.9. The number of hydrogen-bond donors (Lipinski definition) is 1. The first-order valence-electron chi connectivity index (χ1n) is 10.9. The van der Waals surface area contributed by atoms with E-state index in [-0.39, 0.29) is 17.7 Å². The normalized spacial score (nSPS) is 16.8. The van der Waals surface area contributed by atoms with Crippen LogP contribution in [0.4, 0.5) is 5.82 Å². The molecule has 0 saturated heterocycles. The van der Waals surface area contributed by atoms with E-state index in [1.165, 1.54) is 12.8 Å². The molecular weight excluding hydrogens is 390 g/mol. The number of carbonyl (C=O) groups excluding carboxylic acids is 2. The van der Waals surface area contributed by atoms with Gasteiger partial charge in [-0.2, -0.15) is 5.10 Å². The van der Waals surface area contributed by atoms with Crippen molar-refractivity contribution in [2.45, 2.75) is 53.1 Å². The fraction of sp³-hybridized carbons (Fsp3) is 0.417. The van der Waals surface area contributed by atoms with Gasteiger partial charge in [-0.25, -0.2) is 9.50 Å². The zero-order valence-corrected chi connectivity index (χ0v) is 18.3. The van der Waals surface area contributed by atoms with E-state index in [0.29, 0.717) is 30.0 Å². The molecule has 0 radical (unpaired) electrons. The van der Waals surface area contributed by atoms with Crippen molar-refractivity contribution in [2.24, 2.45) is 11.8 Å². The van der Waals surface area contributed by atoms with Crippen LogP contribution in [0, 0.1) is 18.8 Å². The van der Waals surface area contributed by atoms with Crippen molar-refractivity contribution >= 4 is 23.3 Å². The molecule has 2 aliphatic rings. The Bertz CT molecular complexity index is 1210. The summed E-state index contributed by atoms with van der Waals surface area (Å²) in [5, 5.41) is 7.51. The zero-order chi connectivity index (χ0) is 21.9. The highest BCUT2D eigenvalue weighted by molar-refractivity contribution is 6.00.